The van der Waals surface area contributed by atoms with Gasteiger partial charge in [0.25, 0.3) is 5.91 Å². The predicted molar refractivity (Wildman–Crippen MR) is 172 cm³/mol. The first-order valence-corrected chi connectivity index (χ1v) is 15.4. The molecule has 1 aromatic rings. The Labute approximate surface area is 278 Å². The maximum absolute atomic E-state index is 13.5. The molecule has 0 saturated carbocycles. The lowest BCUT2D eigenvalue weighted by Crippen LogP contribution is -2.55. The van der Waals surface area contributed by atoms with Crippen LogP contribution in [-0.2, 0) is 44.8 Å². The van der Waals surface area contributed by atoms with Crippen molar-refractivity contribution in [1.82, 2.24) is 26.2 Å². The monoisotopic (exact) mass is 674 g/mol. The van der Waals surface area contributed by atoms with Crippen LogP contribution >= 0.6 is 0 Å². The number of aliphatic imine (C=N–C) groups is 1. The van der Waals surface area contributed by atoms with Crippen LogP contribution in [0, 0.1) is 5.41 Å². The number of benzene rings is 1. The van der Waals surface area contributed by atoms with Gasteiger partial charge in [-0.1, -0.05) is 19.1 Å². The number of hydrogen-bond donors (Lipinski definition) is 6. The highest BCUT2D eigenvalue weighted by molar-refractivity contribution is 5.99. The Morgan fingerprint density at radius 2 is 1.67 bits per heavy atom. The molecular weight excluding hydrogens is 628 g/mol. The topological polar surface area (TPSA) is 254 Å². The van der Waals surface area contributed by atoms with Gasteiger partial charge >= 0.3 is 11.9 Å². The second-order valence-corrected chi connectivity index (χ2v) is 12.1. The van der Waals surface area contributed by atoms with E-state index in [0.29, 0.717) is 12.0 Å². The Morgan fingerprint density at radius 1 is 0.979 bits per heavy atom. The SMILES string of the molecule is CC[C@H]1NC(=O)c2cccc(c2)CNC(=O)[C@H](CC(=O)OCOC(=O)C(C)(C)C)NC(=O)CNC(=O)[C@H](CCCN=C(N)N)N(C)C1=O. The van der Waals surface area contributed by atoms with Crippen LogP contribution in [0.3, 0.4) is 0 Å². The van der Waals surface area contributed by atoms with Gasteiger partial charge < -0.3 is 47.1 Å². The van der Waals surface area contributed by atoms with E-state index in [1.54, 1.807) is 39.8 Å². The highest BCUT2D eigenvalue weighted by Gasteiger charge is 2.32. The Bertz CT molecular complexity index is 1390. The normalized spacial score (nSPS) is 19.8. The van der Waals surface area contributed by atoms with Crippen LogP contribution in [0.2, 0.25) is 0 Å². The van der Waals surface area contributed by atoms with Crippen LogP contribution in [0.5, 0.6) is 0 Å². The van der Waals surface area contributed by atoms with E-state index in [4.69, 9.17) is 20.9 Å². The number of amides is 5. The fourth-order valence-electron chi connectivity index (χ4n) is 4.44. The molecule has 0 spiro atoms. The lowest BCUT2D eigenvalue weighted by Gasteiger charge is -2.30. The van der Waals surface area contributed by atoms with Gasteiger partial charge in [0, 0.05) is 25.7 Å². The van der Waals surface area contributed by atoms with Gasteiger partial charge in [-0.3, -0.25) is 38.6 Å². The van der Waals surface area contributed by atoms with Gasteiger partial charge in [0.05, 0.1) is 18.4 Å². The van der Waals surface area contributed by atoms with Crippen LogP contribution in [0.25, 0.3) is 0 Å². The number of esters is 2. The number of rotatable bonds is 9. The summed E-state index contributed by atoms with van der Waals surface area (Å²) in [4.78, 5) is 95.7. The zero-order chi connectivity index (χ0) is 36.0. The summed E-state index contributed by atoms with van der Waals surface area (Å²) in [5, 5.41) is 10.2. The Hall–Kier alpha value is -5.22. The summed E-state index contributed by atoms with van der Waals surface area (Å²) < 4.78 is 9.88. The molecule has 1 aliphatic heterocycles. The van der Waals surface area contributed by atoms with Gasteiger partial charge in [-0.15, -0.1) is 0 Å². The molecule has 48 heavy (non-hydrogen) atoms. The molecular formula is C31H46N8O9. The van der Waals surface area contributed by atoms with Crippen molar-refractivity contribution in [1.29, 1.82) is 0 Å². The molecule has 3 atom stereocenters. The number of fused-ring (bicyclic) bond motifs is 2. The van der Waals surface area contributed by atoms with Crippen LogP contribution < -0.4 is 32.7 Å². The van der Waals surface area contributed by atoms with Crippen molar-refractivity contribution in [2.45, 2.75) is 78.0 Å². The average Bonchev–Trinajstić information content (AvgIpc) is 3.03. The van der Waals surface area contributed by atoms with Crippen LogP contribution in [0.1, 0.15) is 69.3 Å². The van der Waals surface area contributed by atoms with Gasteiger partial charge in [0.2, 0.25) is 30.4 Å². The van der Waals surface area contributed by atoms with E-state index in [1.165, 1.54) is 24.1 Å². The lowest BCUT2D eigenvalue weighted by molar-refractivity contribution is -0.173. The van der Waals surface area contributed by atoms with E-state index in [1.807, 2.05) is 0 Å². The van der Waals surface area contributed by atoms with E-state index >= 15 is 0 Å². The molecule has 0 fully saturated rings. The summed E-state index contributed by atoms with van der Waals surface area (Å²) in [7, 11) is 1.41. The number of nitrogens with one attached hydrogen (secondary N) is 4. The predicted octanol–water partition coefficient (Wildman–Crippen LogP) is -1.21. The highest BCUT2D eigenvalue weighted by atomic mass is 16.7. The van der Waals surface area contributed by atoms with Crippen molar-refractivity contribution in [2.24, 2.45) is 21.9 Å². The minimum Gasteiger partial charge on any atom is -0.428 e. The molecule has 17 nitrogen and oxygen atoms in total. The lowest BCUT2D eigenvalue weighted by atomic mass is 9.98. The fraction of sp³-hybridized carbons (Fsp3) is 0.548. The number of nitrogens with zero attached hydrogens (tertiary/aromatic N) is 2. The van der Waals surface area contributed by atoms with E-state index in [9.17, 15) is 33.6 Å². The van der Waals surface area contributed by atoms with E-state index < -0.39 is 84.8 Å². The molecule has 5 amide bonds. The van der Waals surface area contributed by atoms with Gasteiger partial charge in [-0.05, 0) is 57.7 Å². The fourth-order valence-corrected chi connectivity index (χ4v) is 4.44. The quantitative estimate of drug-likeness (QED) is 0.0595. The van der Waals surface area contributed by atoms with Gasteiger partial charge in [0.1, 0.15) is 18.1 Å². The molecule has 264 valence electrons. The summed E-state index contributed by atoms with van der Waals surface area (Å²) in [6.07, 6.45) is -0.0108. The number of guanidine groups is 1. The number of carbonyl (C=O) groups excluding carboxylic acids is 7. The summed E-state index contributed by atoms with van der Waals surface area (Å²) in [5.74, 6) is -5.06. The van der Waals surface area contributed by atoms with Crippen molar-refractivity contribution in [3.63, 3.8) is 0 Å². The smallest absolute Gasteiger partial charge is 0.314 e. The van der Waals surface area contributed by atoms with Gasteiger partial charge in [-0.25, -0.2) is 0 Å². The molecule has 0 unspecified atom stereocenters. The Morgan fingerprint density at radius 3 is 2.31 bits per heavy atom. The third kappa shape index (κ3) is 12.5. The molecule has 0 saturated heterocycles. The second-order valence-electron chi connectivity index (χ2n) is 12.1. The molecule has 8 N–H and O–H groups in total. The second kappa shape index (κ2) is 18.2. The third-order valence-corrected chi connectivity index (χ3v) is 7.18. The maximum atomic E-state index is 13.5. The van der Waals surface area contributed by atoms with E-state index in [2.05, 4.69) is 26.3 Å². The minimum atomic E-state index is -1.45. The standard InChI is InChI=1S/C31H46N8O9/c1-6-20-28(45)39(5)22(11-8-12-34-30(32)33)27(44)36-16-23(40)37-21(14-24(41)47-17-48-29(46)31(2,3)4)26(43)35-15-18-9-7-10-19(13-18)25(42)38-20/h7,9-10,13,20-22H,6,8,11-12,14-17H2,1-5H3,(H,35,43)(H,36,44)(H,37,40)(H,38,42)(H4,32,33,34)/t20-,21+,22+/m1/s1. The molecule has 1 aliphatic rings. The number of nitrogens with two attached hydrogens (primary N) is 2. The van der Waals surface area contributed by atoms with Crippen molar-refractivity contribution in [2.75, 3.05) is 26.9 Å². The number of ether oxygens (including phenoxy) is 2. The van der Waals surface area contributed by atoms with Crippen molar-refractivity contribution < 1.29 is 43.0 Å². The highest BCUT2D eigenvalue weighted by Crippen LogP contribution is 2.15. The molecule has 2 rings (SSSR count). The number of carbonyl (C=O) groups is 7. The molecule has 2 bridgehead atoms. The van der Waals surface area contributed by atoms with Crippen LogP contribution in [0.15, 0.2) is 29.3 Å². The minimum absolute atomic E-state index is 0.0816. The maximum Gasteiger partial charge on any atom is 0.314 e. The molecule has 17 heteroatoms. The Balaban J connectivity index is 2.35. The molecule has 0 aromatic heterocycles. The molecule has 1 heterocycles. The van der Waals surface area contributed by atoms with E-state index in [-0.39, 0.29) is 37.5 Å². The first-order chi connectivity index (χ1) is 22.5. The van der Waals surface area contributed by atoms with E-state index in [0.717, 1.165) is 0 Å². The third-order valence-electron chi connectivity index (χ3n) is 7.18. The van der Waals surface area contributed by atoms with Crippen molar-refractivity contribution in [3.05, 3.63) is 35.4 Å². The first kappa shape index (κ1) is 39.0. The van der Waals surface area contributed by atoms with Crippen LogP contribution in [-0.4, -0.2) is 97.4 Å². The largest absolute Gasteiger partial charge is 0.428 e. The first-order valence-electron chi connectivity index (χ1n) is 15.4. The zero-order valence-electron chi connectivity index (χ0n) is 27.9. The summed E-state index contributed by atoms with van der Waals surface area (Å²) in [6.45, 7) is 5.34. The number of hydrogen-bond acceptors (Lipinski definition) is 10. The van der Waals surface area contributed by atoms with Crippen LogP contribution in [0.4, 0.5) is 0 Å². The van der Waals surface area contributed by atoms with Crippen molar-refractivity contribution in [3.8, 4) is 0 Å². The summed E-state index contributed by atoms with van der Waals surface area (Å²) in [5.41, 5.74) is 10.7. The summed E-state index contributed by atoms with van der Waals surface area (Å²) in [6, 6.07) is 2.79. The zero-order valence-corrected chi connectivity index (χ0v) is 27.9. The van der Waals surface area contributed by atoms with Crippen molar-refractivity contribution >= 4 is 47.4 Å². The Kier molecular flexibility index (Phi) is 14.8. The van der Waals surface area contributed by atoms with Gasteiger partial charge in [0.15, 0.2) is 5.96 Å². The summed E-state index contributed by atoms with van der Waals surface area (Å²) >= 11 is 0. The number of likely N-dealkylation sites (N-methyl/N-ethyl adjacent to an activating group) is 1. The van der Waals surface area contributed by atoms with Gasteiger partial charge in [-0.2, -0.15) is 0 Å². The molecule has 1 aromatic carbocycles. The molecule has 0 aliphatic carbocycles. The molecule has 0 radical (unpaired) electrons. The average molecular weight is 675 g/mol.